The van der Waals surface area contributed by atoms with Gasteiger partial charge in [-0.15, -0.1) is 0 Å². The molecule has 0 spiro atoms. The third-order valence-corrected chi connectivity index (χ3v) is 3.20. The molecule has 0 saturated heterocycles. The Hall–Kier alpha value is -1.17. The molecule has 0 amide bonds. The largest absolute Gasteiger partial charge is 0.256 e. The molecule has 6 heteroatoms. The van der Waals surface area contributed by atoms with Gasteiger partial charge in [-0.05, 0) is 23.8 Å². The highest BCUT2D eigenvalue weighted by Crippen LogP contribution is 2.25. The van der Waals surface area contributed by atoms with E-state index in [0.717, 1.165) is 5.39 Å². The smallest absolute Gasteiger partial charge is 0.213 e. The molecule has 0 aliphatic rings. The van der Waals surface area contributed by atoms with E-state index in [9.17, 15) is 8.42 Å². The molecule has 0 radical (unpaired) electrons. The number of primary sulfonamides is 1. The fraction of sp³-hybridized carbons (Fsp3) is 0.100. The Labute approximate surface area is 98.1 Å². The van der Waals surface area contributed by atoms with Crippen molar-refractivity contribution in [1.29, 1.82) is 0 Å². The molecule has 16 heavy (non-hydrogen) atoms. The molecule has 84 valence electrons. The molecule has 1 aromatic heterocycles. The number of rotatable bonds is 2. The number of nitrogens with zero attached hydrogens (tertiary/aromatic N) is 1. The molecule has 2 rings (SSSR count). The van der Waals surface area contributed by atoms with Crippen LogP contribution in [0.1, 0.15) is 5.56 Å². The average Bonchev–Trinajstić information content (AvgIpc) is 2.21. The van der Waals surface area contributed by atoms with Crippen LogP contribution >= 0.6 is 11.6 Å². The van der Waals surface area contributed by atoms with Gasteiger partial charge in [0, 0.05) is 16.6 Å². The minimum atomic E-state index is -3.56. The zero-order chi connectivity index (χ0) is 11.8. The molecule has 2 N–H and O–H groups in total. The first-order chi connectivity index (χ1) is 7.47. The minimum Gasteiger partial charge on any atom is -0.256 e. The van der Waals surface area contributed by atoms with Gasteiger partial charge in [0.25, 0.3) is 0 Å². The zero-order valence-corrected chi connectivity index (χ0v) is 9.79. The van der Waals surface area contributed by atoms with Crippen LogP contribution in [0.25, 0.3) is 10.9 Å². The molecule has 0 atom stereocenters. The Morgan fingerprint density at radius 3 is 2.75 bits per heavy atom. The number of aromatic nitrogens is 1. The van der Waals surface area contributed by atoms with E-state index in [2.05, 4.69) is 4.98 Å². The lowest BCUT2D eigenvalue weighted by Crippen LogP contribution is -2.14. The van der Waals surface area contributed by atoms with Crippen LogP contribution in [-0.4, -0.2) is 13.4 Å². The van der Waals surface area contributed by atoms with Gasteiger partial charge in [-0.2, -0.15) is 0 Å². The molecule has 2 aromatic rings. The van der Waals surface area contributed by atoms with Gasteiger partial charge in [0.1, 0.15) is 0 Å². The fourth-order valence-electron chi connectivity index (χ4n) is 1.53. The van der Waals surface area contributed by atoms with Gasteiger partial charge in [0.15, 0.2) is 0 Å². The van der Waals surface area contributed by atoms with Crippen molar-refractivity contribution in [2.75, 3.05) is 0 Å². The third kappa shape index (κ3) is 2.32. The maximum absolute atomic E-state index is 11.0. The van der Waals surface area contributed by atoms with E-state index in [1.165, 1.54) is 0 Å². The summed E-state index contributed by atoms with van der Waals surface area (Å²) >= 11 is 5.98. The zero-order valence-electron chi connectivity index (χ0n) is 8.22. The molecule has 1 heterocycles. The van der Waals surface area contributed by atoms with E-state index in [4.69, 9.17) is 16.7 Å². The number of halogens is 1. The standard InChI is InChI=1S/C10H9ClN2O2S/c11-9-4-3-7(6-16(12,14)15)10-8(9)2-1-5-13-10/h1-5H,6H2,(H2,12,14,15). The van der Waals surface area contributed by atoms with Gasteiger partial charge in [0.2, 0.25) is 10.0 Å². The maximum Gasteiger partial charge on any atom is 0.213 e. The molecule has 0 bridgehead atoms. The first-order valence-corrected chi connectivity index (χ1v) is 6.59. The van der Waals surface area contributed by atoms with Crippen molar-refractivity contribution in [3.05, 3.63) is 41.0 Å². The normalized spacial score (nSPS) is 11.9. The van der Waals surface area contributed by atoms with Crippen LogP contribution in [0.4, 0.5) is 0 Å². The number of nitrogens with two attached hydrogens (primary N) is 1. The highest BCUT2D eigenvalue weighted by Gasteiger charge is 2.10. The lowest BCUT2D eigenvalue weighted by atomic mass is 10.1. The molecule has 0 aliphatic heterocycles. The SMILES string of the molecule is NS(=O)(=O)Cc1ccc(Cl)c2cccnc12. The molecule has 1 aromatic carbocycles. The van der Waals surface area contributed by atoms with Crippen molar-refractivity contribution in [1.82, 2.24) is 4.98 Å². The van der Waals surface area contributed by atoms with Crippen molar-refractivity contribution >= 4 is 32.5 Å². The Balaban J connectivity index is 2.68. The number of sulfonamides is 1. The summed E-state index contributed by atoms with van der Waals surface area (Å²) in [6.07, 6.45) is 1.59. The minimum absolute atomic E-state index is 0.238. The second-order valence-corrected chi connectivity index (χ2v) is 5.43. The average molecular weight is 257 g/mol. The van der Waals surface area contributed by atoms with Gasteiger partial charge in [-0.3, -0.25) is 4.98 Å². The molecule has 0 saturated carbocycles. The van der Waals surface area contributed by atoms with Crippen LogP contribution in [0.3, 0.4) is 0 Å². The van der Waals surface area contributed by atoms with Crippen molar-refractivity contribution < 1.29 is 8.42 Å². The number of hydrogen-bond donors (Lipinski definition) is 1. The predicted octanol–water partition coefficient (Wildman–Crippen LogP) is 1.68. The summed E-state index contributed by atoms with van der Waals surface area (Å²) in [5.74, 6) is -0.238. The topological polar surface area (TPSA) is 73.1 Å². The summed E-state index contributed by atoms with van der Waals surface area (Å²) in [5, 5.41) is 6.28. The summed E-state index contributed by atoms with van der Waals surface area (Å²) in [6.45, 7) is 0. The molecule has 0 fully saturated rings. The van der Waals surface area contributed by atoms with Crippen molar-refractivity contribution in [3.63, 3.8) is 0 Å². The monoisotopic (exact) mass is 256 g/mol. The lowest BCUT2D eigenvalue weighted by molar-refractivity contribution is 0.597. The Bertz CT molecular complexity index is 640. The van der Waals surface area contributed by atoms with Crippen molar-refractivity contribution in [2.45, 2.75) is 5.75 Å². The summed E-state index contributed by atoms with van der Waals surface area (Å²) in [4.78, 5) is 4.12. The van der Waals surface area contributed by atoms with Gasteiger partial charge < -0.3 is 0 Å². The maximum atomic E-state index is 11.0. The molecule has 0 aliphatic carbocycles. The van der Waals surface area contributed by atoms with Gasteiger partial charge >= 0.3 is 0 Å². The fourth-order valence-corrected chi connectivity index (χ4v) is 2.41. The second kappa shape index (κ2) is 4.01. The van der Waals surface area contributed by atoms with Gasteiger partial charge in [-0.1, -0.05) is 17.7 Å². The van der Waals surface area contributed by atoms with E-state index in [-0.39, 0.29) is 5.75 Å². The Kier molecular flexibility index (Phi) is 2.84. The summed E-state index contributed by atoms with van der Waals surface area (Å²) in [6, 6.07) is 6.81. The van der Waals surface area contributed by atoms with Crippen LogP contribution in [0, 0.1) is 0 Å². The molecular weight excluding hydrogens is 248 g/mol. The van der Waals surface area contributed by atoms with Crippen molar-refractivity contribution in [2.24, 2.45) is 5.14 Å². The summed E-state index contributed by atoms with van der Waals surface area (Å²) in [5.41, 5.74) is 1.13. The molecule has 4 nitrogen and oxygen atoms in total. The quantitative estimate of drug-likeness (QED) is 0.888. The Morgan fingerprint density at radius 1 is 1.31 bits per heavy atom. The van der Waals surface area contributed by atoms with E-state index < -0.39 is 10.0 Å². The number of fused-ring (bicyclic) bond motifs is 1. The van der Waals surface area contributed by atoms with Crippen LogP contribution in [0.5, 0.6) is 0 Å². The highest BCUT2D eigenvalue weighted by atomic mass is 35.5. The van der Waals surface area contributed by atoms with E-state index in [1.807, 2.05) is 0 Å². The van der Waals surface area contributed by atoms with Crippen LogP contribution in [0.15, 0.2) is 30.5 Å². The second-order valence-electron chi connectivity index (χ2n) is 3.41. The van der Waals surface area contributed by atoms with Crippen LogP contribution in [-0.2, 0) is 15.8 Å². The lowest BCUT2D eigenvalue weighted by Gasteiger charge is -2.05. The molecule has 0 unspecified atom stereocenters. The number of hydrogen-bond acceptors (Lipinski definition) is 3. The van der Waals surface area contributed by atoms with Crippen LogP contribution < -0.4 is 5.14 Å². The highest BCUT2D eigenvalue weighted by molar-refractivity contribution is 7.88. The summed E-state index contributed by atoms with van der Waals surface area (Å²) in [7, 11) is -3.56. The summed E-state index contributed by atoms with van der Waals surface area (Å²) < 4.78 is 22.1. The predicted molar refractivity (Wildman–Crippen MR) is 63.6 cm³/mol. The van der Waals surface area contributed by atoms with Crippen LogP contribution in [0.2, 0.25) is 5.02 Å². The van der Waals surface area contributed by atoms with E-state index in [0.29, 0.717) is 16.1 Å². The van der Waals surface area contributed by atoms with E-state index in [1.54, 1.807) is 30.5 Å². The van der Waals surface area contributed by atoms with Crippen molar-refractivity contribution in [3.8, 4) is 0 Å². The van der Waals surface area contributed by atoms with Gasteiger partial charge in [0.05, 0.1) is 11.3 Å². The molecular formula is C10H9ClN2O2S. The first-order valence-electron chi connectivity index (χ1n) is 4.50. The van der Waals surface area contributed by atoms with E-state index >= 15 is 0 Å². The third-order valence-electron chi connectivity index (χ3n) is 2.16. The van der Waals surface area contributed by atoms with Gasteiger partial charge in [-0.25, -0.2) is 13.6 Å². The number of benzene rings is 1. The number of pyridine rings is 1. The Morgan fingerprint density at radius 2 is 2.06 bits per heavy atom. The first kappa shape index (κ1) is 11.3.